The van der Waals surface area contributed by atoms with Crippen LogP contribution in [0.15, 0.2) is 21.1 Å². The van der Waals surface area contributed by atoms with Crippen molar-refractivity contribution >= 4 is 31.9 Å². The third-order valence-corrected chi connectivity index (χ3v) is 3.47. The van der Waals surface area contributed by atoms with Gasteiger partial charge in [-0.3, -0.25) is 0 Å². The molecule has 0 atom stereocenters. The number of nitrogens with zero attached hydrogens (tertiary/aromatic N) is 1. The summed E-state index contributed by atoms with van der Waals surface area (Å²) in [5.74, 6) is 0.929. The van der Waals surface area contributed by atoms with Gasteiger partial charge in [0, 0.05) is 29.7 Å². The molecule has 5 heteroatoms. The Morgan fingerprint density at radius 1 is 1.28 bits per heavy atom. The molecule has 3 nitrogen and oxygen atoms in total. The Kier molecular flexibility index (Phi) is 7.22. The number of hydrogen-bond acceptors (Lipinski definition) is 3. The number of halogens is 2. The van der Waals surface area contributed by atoms with Crippen molar-refractivity contribution < 1.29 is 4.74 Å². The Morgan fingerprint density at radius 3 is 2.61 bits per heavy atom. The van der Waals surface area contributed by atoms with Gasteiger partial charge < -0.3 is 15.0 Å². The molecular formula is C13H20Br2N2O. The summed E-state index contributed by atoms with van der Waals surface area (Å²) in [5.41, 5.74) is 1.16. The average Bonchev–Trinajstić information content (AvgIpc) is 2.28. The molecule has 0 aliphatic rings. The Balaban J connectivity index is 2.67. The Labute approximate surface area is 126 Å². The topological polar surface area (TPSA) is 24.5 Å². The van der Waals surface area contributed by atoms with Gasteiger partial charge in [-0.2, -0.15) is 0 Å². The molecule has 0 fully saturated rings. The maximum absolute atomic E-state index is 5.68. The maximum atomic E-state index is 5.68. The highest BCUT2D eigenvalue weighted by Gasteiger charge is 2.09. The minimum Gasteiger partial charge on any atom is -0.492 e. The number of hydrogen-bond donors (Lipinski definition) is 1. The van der Waals surface area contributed by atoms with Gasteiger partial charge in [0.05, 0.1) is 11.1 Å². The van der Waals surface area contributed by atoms with Crippen molar-refractivity contribution in [3.63, 3.8) is 0 Å². The highest BCUT2D eigenvalue weighted by Crippen LogP contribution is 2.32. The molecule has 18 heavy (non-hydrogen) atoms. The van der Waals surface area contributed by atoms with Gasteiger partial charge in [-0.1, -0.05) is 15.9 Å². The average molecular weight is 380 g/mol. The minimum atomic E-state index is 0.672. The zero-order chi connectivity index (χ0) is 13.5. The van der Waals surface area contributed by atoms with Gasteiger partial charge in [-0.25, -0.2) is 0 Å². The largest absolute Gasteiger partial charge is 0.492 e. The quantitative estimate of drug-likeness (QED) is 0.736. The van der Waals surface area contributed by atoms with Crippen LogP contribution in [0, 0.1) is 0 Å². The fourth-order valence-corrected chi connectivity index (χ4v) is 3.00. The predicted molar refractivity (Wildman–Crippen MR) is 83.3 cm³/mol. The molecule has 0 saturated carbocycles. The molecule has 0 heterocycles. The molecular weight excluding hydrogens is 360 g/mol. The molecule has 1 aromatic carbocycles. The zero-order valence-electron chi connectivity index (χ0n) is 11.1. The van der Waals surface area contributed by atoms with Gasteiger partial charge in [0.1, 0.15) is 5.75 Å². The lowest BCUT2D eigenvalue weighted by molar-refractivity contribution is 0.332. The summed E-state index contributed by atoms with van der Waals surface area (Å²) < 4.78 is 7.73. The van der Waals surface area contributed by atoms with Gasteiger partial charge in [0.2, 0.25) is 0 Å². The van der Waals surface area contributed by atoms with Gasteiger partial charge in [0.25, 0.3) is 0 Å². The number of ether oxygens (including phenoxy) is 1. The van der Waals surface area contributed by atoms with E-state index < -0.39 is 0 Å². The highest BCUT2D eigenvalue weighted by molar-refractivity contribution is 9.11. The lowest BCUT2D eigenvalue weighted by atomic mass is 10.2. The lowest BCUT2D eigenvalue weighted by Gasteiger charge is -2.15. The van der Waals surface area contributed by atoms with E-state index in [1.54, 1.807) is 0 Å². The summed E-state index contributed by atoms with van der Waals surface area (Å²) in [6.45, 7) is 5.46. The second-order valence-electron chi connectivity index (χ2n) is 4.29. The van der Waals surface area contributed by atoms with Crippen LogP contribution < -0.4 is 10.1 Å². The molecule has 0 aliphatic carbocycles. The van der Waals surface area contributed by atoms with E-state index in [0.29, 0.717) is 6.61 Å². The third-order valence-electron chi connectivity index (χ3n) is 2.43. The van der Waals surface area contributed by atoms with Gasteiger partial charge in [-0.15, -0.1) is 0 Å². The monoisotopic (exact) mass is 378 g/mol. The van der Waals surface area contributed by atoms with E-state index in [1.165, 1.54) is 0 Å². The van der Waals surface area contributed by atoms with Crippen molar-refractivity contribution in [1.29, 1.82) is 0 Å². The first kappa shape index (κ1) is 16.0. The summed E-state index contributed by atoms with van der Waals surface area (Å²) in [6, 6.07) is 4.10. The molecule has 0 aliphatic heterocycles. The van der Waals surface area contributed by atoms with Crippen LogP contribution in [0.25, 0.3) is 0 Å². The SMILES string of the molecule is CCOc1c(Br)cc(Br)cc1CNCCN(C)C. The van der Waals surface area contributed by atoms with Crippen LogP contribution >= 0.6 is 31.9 Å². The van der Waals surface area contributed by atoms with Gasteiger partial charge >= 0.3 is 0 Å². The molecule has 0 bridgehead atoms. The predicted octanol–water partition coefficient (Wildman–Crippen LogP) is 3.26. The molecule has 0 unspecified atom stereocenters. The molecule has 102 valence electrons. The standard InChI is InChI=1S/C13H20Br2N2O/c1-4-18-13-10(7-11(14)8-12(13)15)9-16-5-6-17(2)3/h7-8,16H,4-6,9H2,1-3H3. The summed E-state index contributed by atoms with van der Waals surface area (Å²) >= 11 is 7.05. The van der Waals surface area contributed by atoms with Crippen molar-refractivity contribution in [3.8, 4) is 5.75 Å². The molecule has 1 N–H and O–H groups in total. The normalized spacial score (nSPS) is 11.0. The van der Waals surface area contributed by atoms with Crippen LogP contribution in [-0.2, 0) is 6.54 Å². The van der Waals surface area contributed by atoms with Crippen LogP contribution in [0.4, 0.5) is 0 Å². The zero-order valence-corrected chi connectivity index (χ0v) is 14.3. The second-order valence-corrected chi connectivity index (χ2v) is 6.06. The minimum absolute atomic E-state index is 0.672. The summed E-state index contributed by atoms with van der Waals surface area (Å²) in [4.78, 5) is 2.16. The molecule has 0 spiro atoms. The first-order valence-electron chi connectivity index (χ1n) is 6.00. The fourth-order valence-electron chi connectivity index (χ4n) is 1.58. The van der Waals surface area contributed by atoms with E-state index in [-0.39, 0.29) is 0 Å². The first-order chi connectivity index (χ1) is 8.54. The van der Waals surface area contributed by atoms with Crippen LogP contribution in [0.3, 0.4) is 0 Å². The second kappa shape index (κ2) is 8.15. The smallest absolute Gasteiger partial charge is 0.138 e. The van der Waals surface area contributed by atoms with Crippen LogP contribution in [-0.4, -0.2) is 38.7 Å². The van der Waals surface area contributed by atoms with E-state index >= 15 is 0 Å². The van der Waals surface area contributed by atoms with Crippen molar-refractivity contribution in [2.24, 2.45) is 0 Å². The van der Waals surface area contributed by atoms with Crippen LogP contribution in [0.5, 0.6) is 5.75 Å². The Bertz CT molecular complexity index is 383. The number of rotatable bonds is 7. The lowest BCUT2D eigenvalue weighted by Crippen LogP contribution is -2.26. The van der Waals surface area contributed by atoms with E-state index in [9.17, 15) is 0 Å². The van der Waals surface area contributed by atoms with E-state index in [0.717, 1.165) is 39.9 Å². The number of nitrogens with one attached hydrogen (secondary N) is 1. The molecule has 0 radical (unpaired) electrons. The maximum Gasteiger partial charge on any atom is 0.138 e. The Morgan fingerprint density at radius 2 is 2.00 bits per heavy atom. The van der Waals surface area contributed by atoms with E-state index in [4.69, 9.17) is 4.74 Å². The van der Waals surface area contributed by atoms with Gasteiger partial charge in [-0.05, 0) is 49.1 Å². The van der Waals surface area contributed by atoms with E-state index in [2.05, 4.69) is 62.2 Å². The molecule has 1 aromatic rings. The highest BCUT2D eigenvalue weighted by atomic mass is 79.9. The Hall–Kier alpha value is -0.100. The third kappa shape index (κ3) is 5.26. The van der Waals surface area contributed by atoms with Gasteiger partial charge in [0.15, 0.2) is 0 Å². The number of benzene rings is 1. The molecule has 0 amide bonds. The van der Waals surface area contributed by atoms with Crippen LogP contribution in [0.2, 0.25) is 0 Å². The molecule has 0 saturated heterocycles. The summed E-state index contributed by atoms with van der Waals surface area (Å²) in [7, 11) is 4.14. The van der Waals surface area contributed by atoms with Crippen molar-refractivity contribution in [1.82, 2.24) is 10.2 Å². The van der Waals surface area contributed by atoms with Crippen molar-refractivity contribution in [2.45, 2.75) is 13.5 Å². The molecule has 0 aromatic heterocycles. The van der Waals surface area contributed by atoms with Crippen molar-refractivity contribution in [2.75, 3.05) is 33.8 Å². The van der Waals surface area contributed by atoms with Crippen LogP contribution in [0.1, 0.15) is 12.5 Å². The summed E-state index contributed by atoms with van der Waals surface area (Å²) in [6.07, 6.45) is 0. The van der Waals surface area contributed by atoms with Crippen molar-refractivity contribution in [3.05, 3.63) is 26.6 Å². The summed E-state index contributed by atoms with van der Waals surface area (Å²) in [5, 5.41) is 3.42. The first-order valence-corrected chi connectivity index (χ1v) is 7.59. The van der Waals surface area contributed by atoms with E-state index in [1.807, 2.05) is 13.0 Å². The number of likely N-dealkylation sites (N-methyl/N-ethyl adjacent to an activating group) is 1. The molecule has 1 rings (SSSR count). The fraction of sp³-hybridized carbons (Fsp3) is 0.538.